The van der Waals surface area contributed by atoms with E-state index in [0.717, 1.165) is 82.9 Å². The molecule has 0 saturated heterocycles. The summed E-state index contributed by atoms with van der Waals surface area (Å²) in [7, 11) is 0. The van der Waals surface area contributed by atoms with E-state index in [1.165, 1.54) is 27.1 Å². The average molecular weight is 868 g/mol. The monoisotopic (exact) mass is 867 g/mol. The van der Waals surface area contributed by atoms with Gasteiger partial charge < -0.3 is 0 Å². The highest BCUT2D eigenvalue weighted by atomic mass is 15.0. The van der Waals surface area contributed by atoms with Gasteiger partial charge in [-0.2, -0.15) is 0 Å². The second-order valence-corrected chi connectivity index (χ2v) is 17.0. The molecule has 12 aromatic rings. The lowest BCUT2D eigenvalue weighted by Crippen LogP contribution is -2.01. The first-order valence-corrected chi connectivity index (χ1v) is 22.7. The van der Waals surface area contributed by atoms with Crippen molar-refractivity contribution in [3.05, 3.63) is 237 Å². The molecule has 5 nitrogen and oxygen atoms in total. The molecule has 68 heavy (non-hydrogen) atoms. The molecule has 0 amide bonds. The molecule has 0 spiro atoms. The predicted molar refractivity (Wildman–Crippen MR) is 284 cm³/mol. The van der Waals surface area contributed by atoms with Crippen LogP contribution in [-0.2, 0) is 0 Å². The number of hydrogen-bond acceptors (Lipinski definition) is 5. The zero-order valence-corrected chi connectivity index (χ0v) is 37.0. The number of rotatable bonds is 9. The molecule has 318 valence electrons. The van der Waals surface area contributed by atoms with Crippen molar-refractivity contribution < 1.29 is 0 Å². The first-order chi connectivity index (χ1) is 33.5. The Bertz CT molecular complexity index is 3850. The Labute approximate surface area is 394 Å². The van der Waals surface area contributed by atoms with E-state index in [9.17, 15) is 0 Å². The zero-order chi connectivity index (χ0) is 45.6. The van der Waals surface area contributed by atoms with Crippen LogP contribution in [0.4, 0.5) is 0 Å². The SMILES string of the molecule is C=Cc1cnc(-c2ccc(-c3cc(-c4ccc(-c5cc6ccccc6c6ccccc56)cc4)cc(-c4nc(-c5ccc6ccccc6c5)nc(-c5ccc6ccccc6c5)n4)c3)cc2)nc1C=C. The van der Waals surface area contributed by atoms with Crippen LogP contribution in [0, 0.1) is 0 Å². The highest BCUT2D eigenvalue weighted by Crippen LogP contribution is 2.38. The van der Waals surface area contributed by atoms with Crippen molar-refractivity contribution in [3.63, 3.8) is 0 Å². The van der Waals surface area contributed by atoms with Gasteiger partial charge in [-0.3, -0.25) is 0 Å². The number of benzene rings is 10. The summed E-state index contributed by atoms with van der Waals surface area (Å²) in [5.74, 6) is 2.42. The Balaban J connectivity index is 1.02. The van der Waals surface area contributed by atoms with E-state index in [1.54, 1.807) is 18.3 Å². The van der Waals surface area contributed by atoms with Crippen LogP contribution in [0.1, 0.15) is 11.3 Å². The lowest BCUT2D eigenvalue weighted by atomic mass is 9.91. The minimum atomic E-state index is 0.581. The van der Waals surface area contributed by atoms with Crippen molar-refractivity contribution >= 4 is 55.2 Å². The lowest BCUT2D eigenvalue weighted by molar-refractivity contribution is 1.08. The van der Waals surface area contributed by atoms with Gasteiger partial charge in [-0.05, 0) is 119 Å². The Morgan fingerprint density at radius 3 is 1.32 bits per heavy atom. The highest BCUT2D eigenvalue weighted by molar-refractivity contribution is 6.13. The fraction of sp³-hybridized carbons (Fsp3) is 0. The normalized spacial score (nSPS) is 11.4. The van der Waals surface area contributed by atoms with Crippen molar-refractivity contribution in [1.29, 1.82) is 0 Å². The maximum absolute atomic E-state index is 5.28. The summed E-state index contributed by atoms with van der Waals surface area (Å²) in [6, 6.07) is 73.1. The molecule has 0 atom stereocenters. The summed E-state index contributed by atoms with van der Waals surface area (Å²) < 4.78 is 0. The second-order valence-electron chi connectivity index (χ2n) is 17.0. The molecule has 0 N–H and O–H groups in total. The molecule has 0 saturated carbocycles. The van der Waals surface area contributed by atoms with E-state index in [0.29, 0.717) is 23.3 Å². The van der Waals surface area contributed by atoms with Crippen molar-refractivity contribution in [2.75, 3.05) is 0 Å². The van der Waals surface area contributed by atoms with Gasteiger partial charge in [0.15, 0.2) is 23.3 Å². The van der Waals surface area contributed by atoms with Gasteiger partial charge in [-0.15, -0.1) is 0 Å². The van der Waals surface area contributed by atoms with E-state index in [4.69, 9.17) is 19.9 Å². The van der Waals surface area contributed by atoms with Crippen molar-refractivity contribution in [2.24, 2.45) is 0 Å². The molecule has 12 rings (SSSR count). The summed E-state index contributed by atoms with van der Waals surface area (Å²) in [5, 5.41) is 9.51. The largest absolute Gasteiger partial charge is 0.236 e. The van der Waals surface area contributed by atoms with Crippen LogP contribution < -0.4 is 0 Å². The van der Waals surface area contributed by atoms with E-state index in [1.807, 2.05) is 0 Å². The van der Waals surface area contributed by atoms with Gasteiger partial charge in [0.1, 0.15) is 0 Å². The molecular formula is C63H41N5. The summed E-state index contributed by atoms with van der Waals surface area (Å²) in [5.41, 5.74) is 11.7. The quantitative estimate of drug-likeness (QED) is 0.135. The predicted octanol–water partition coefficient (Wildman–Crippen LogP) is 16.2. The van der Waals surface area contributed by atoms with Crippen molar-refractivity contribution in [1.82, 2.24) is 24.9 Å². The van der Waals surface area contributed by atoms with Gasteiger partial charge in [-0.25, -0.2) is 24.9 Å². The van der Waals surface area contributed by atoms with Crippen LogP contribution in [0.25, 0.3) is 134 Å². The molecule has 2 heterocycles. The van der Waals surface area contributed by atoms with Crippen LogP contribution >= 0.6 is 0 Å². The topological polar surface area (TPSA) is 64.5 Å². The molecule has 5 heteroatoms. The molecule has 10 aromatic carbocycles. The molecule has 2 aromatic heterocycles. The molecule has 0 aliphatic carbocycles. The number of fused-ring (bicyclic) bond motifs is 5. The van der Waals surface area contributed by atoms with Gasteiger partial charge in [0.2, 0.25) is 0 Å². The van der Waals surface area contributed by atoms with Crippen LogP contribution in [0.2, 0.25) is 0 Å². The summed E-state index contributed by atoms with van der Waals surface area (Å²) in [6.07, 6.45) is 5.27. The van der Waals surface area contributed by atoms with Gasteiger partial charge >= 0.3 is 0 Å². The minimum absolute atomic E-state index is 0.581. The van der Waals surface area contributed by atoms with Gasteiger partial charge in [0, 0.05) is 34.0 Å². The van der Waals surface area contributed by atoms with Crippen molar-refractivity contribution in [2.45, 2.75) is 0 Å². The fourth-order valence-electron chi connectivity index (χ4n) is 9.32. The third-order valence-electron chi connectivity index (χ3n) is 12.9. The zero-order valence-electron chi connectivity index (χ0n) is 37.0. The first-order valence-electron chi connectivity index (χ1n) is 22.7. The standard InChI is InChI=1S/C63H41N5/c1-3-40-39-64-60(65-59(40)4-2)46-29-23-44(24-30-46)53-35-52(43-21-27-45(28-22-43)58-38-49-17-9-10-18-55(49)56-19-11-12-20-57(56)58)36-54(37-53)63-67-61(50-31-25-41-13-5-7-15-47(41)33-50)66-62(68-63)51-32-26-42-14-6-8-16-48(42)34-51/h3-39H,1-2H2. The molecule has 0 bridgehead atoms. The Morgan fingerprint density at radius 2 is 0.750 bits per heavy atom. The van der Waals surface area contributed by atoms with Gasteiger partial charge in [-0.1, -0.05) is 189 Å². The number of hydrogen-bond donors (Lipinski definition) is 0. The molecule has 0 aliphatic rings. The smallest absolute Gasteiger partial charge is 0.164 e. The summed E-state index contributed by atoms with van der Waals surface area (Å²) >= 11 is 0. The van der Waals surface area contributed by atoms with Crippen LogP contribution in [0.15, 0.2) is 226 Å². The van der Waals surface area contributed by atoms with E-state index >= 15 is 0 Å². The number of aromatic nitrogens is 5. The molecule has 0 fully saturated rings. The van der Waals surface area contributed by atoms with Gasteiger partial charge in [0.05, 0.1) is 5.69 Å². The third-order valence-corrected chi connectivity index (χ3v) is 12.9. The maximum atomic E-state index is 5.28. The van der Waals surface area contributed by atoms with Crippen molar-refractivity contribution in [3.8, 4) is 78.9 Å². The maximum Gasteiger partial charge on any atom is 0.164 e. The van der Waals surface area contributed by atoms with Crippen LogP contribution in [0.3, 0.4) is 0 Å². The number of nitrogens with zero attached hydrogens (tertiary/aromatic N) is 5. The molecular weight excluding hydrogens is 827 g/mol. The van der Waals surface area contributed by atoms with Gasteiger partial charge in [0.25, 0.3) is 0 Å². The second kappa shape index (κ2) is 17.0. The molecule has 0 unspecified atom stereocenters. The van der Waals surface area contributed by atoms with E-state index < -0.39 is 0 Å². The Kier molecular flexibility index (Phi) is 10.1. The highest BCUT2D eigenvalue weighted by Gasteiger charge is 2.17. The van der Waals surface area contributed by atoms with E-state index in [2.05, 4.69) is 224 Å². The average Bonchev–Trinajstić information content (AvgIpc) is 3.42. The van der Waals surface area contributed by atoms with Crippen LogP contribution in [-0.4, -0.2) is 24.9 Å². The summed E-state index contributed by atoms with van der Waals surface area (Å²) in [4.78, 5) is 25.1. The molecule has 0 aliphatic heterocycles. The van der Waals surface area contributed by atoms with Crippen LogP contribution in [0.5, 0.6) is 0 Å². The fourth-order valence-corrected chi connectivity index (χ4v) is 9.32. The molecule has 0 radical (unpaired) electrons. The summed E-state index contributed by atoms with van der Waals surface area (Å²) in [6.45, 7) is 7.86. The van der Waals surface area contributed by atoms with E-state index in [-0.39, 0.29) is 0 Å². The minimum Gasteiger partial charge on any atom is -0.236 e. The first kappa shape index (κ1) is 40.3. The Morgan fingerprint density at radius 1 is 0.294 bits per heavy atom. The lowest BCUT2D eigenvalue weighted by Gasteiger charge is -2.14. The third kappa shape index (κ3) is 7.48. The Hall–Kier alpha value is -9.19.